The van der Waals surface area contributed by atoms with Crippen molar-refractivity contribution >= 4 is 47.8 Å². The summed E-state index contributed by atoms with van der Waals surface area (Å²) in [5, 5.41) is 20.5. The molecule has 137 valence electrons. The Labute approximate surface area is 162 Å². The molecule has 12 heteroatoms. The SMILES string of the molecule is Cc1c(Br)ccc(F)c1[N+](=O)[O-].Cc1cccc(F)c1[N+](=O)[O-].[B]=NS. The second-order valence-corrected chi connectivity index (χ2v) is 5.62. The van der Waals surface area contributed by atoms with Gasteiger partial charge in [-0.25, -0.2) is 0 Å². The molecule has 0 heterocycles. The van der Waals surface area contributed by atoms with Crippen molar-refractivity contribution < 1.29 is 18.6 Å². The van der Waals surface area contributed by atoms with Crippen molar-refractivity contribution in [2.75, 3.05) is 0 Å². The maximum atomic E-state index is 12.8. The average Bonchev–Trinajstić information content (AvgIpc) is 2.52. The molecule has 0 spiro atoms. The van der Waals surface area contributed by atoms with Crippen LogP contribution in [-0.4, -0.2) is 17.5 Å². The number of hydrogen-bond donors (Lipinski definition) is 1. The molecule has 1 radical (unpaired) electrons. The fourth-order valence-corrected chi connectivity index (χ4v) is 2.04. The first-order chi connectivity index (χ1) is 12.1. The summed E-state index contributed by atoms with van der Waals surface area (Å²) in [6, 6.07) is 6.52. The molecule has 7 nitrogen and oxygen atoms in total. The normalized spacial score (nSPS) is 9.12. The van der Waals surface area contributed by atoms with Crippen molar-refractivity contribution in [3.63, 3.8) is 0 Å². The Morgan fingerprint density at radius 1 is 1.04 bits per heavy atom. The van der Waals surface area contributed by atoms with Gasteiger partial charge < -0.3 is 0 Å². The monoisotopic (exact) mass is 446 g/mol. The molecule has 0 unspecified atom stereocenters. The van der Waals surface area contributed by atoms with Gasteiger partial charge in [0.2, 0.25) is 11.6 Å². The van der Waals surface area contributed by atoms with E-state index in [2.05, 4.69) is 40.7 Å². The molecular formula is C14H12BBrF2N3O4S. The van der Waals surface area contributed by atoms with Gasteiger partial charge in [0, 0.05) is 15.6 Å². The van der Waals surface area contributed by atoms with Crippen molar-refractivity contribution in [1.29, 1.82) is 0 Å². The summed E-state index contributed by atoms with van der Waals surface area (Å²) < 4.78 is 28.7. The summed E-state index contributed by atoms with van der Waals surface area (Å²) in [6.45, 7) is 2.99. The number of thiol groups is 1. The molecule has 0 atom stereocenters. The molecule has 2 aromatic carbocycles. The first-order valence-electron chi connectivity index (χ1n) is 6.61. The van der Waals surface area contributed by atoms with E-state index in [0.29, 0.717) is 15.6 Å². The second kappa shape index (κ2) is 11.4. The number of halogens is 3. The molecule has 0 bridgehead atoms. The van der Waals surface area contributed by atoms with Gasteiger partial charge in [0.05, 0.1) is 9.85 Å². The zero-order valence-corrected chi connectivity index (χ0v) is 16.0. The van der Waals surface area contributed by atoms with E-state index in [9.17, 15) is 29.0 Å². The van der Waals surface area contributed by atoms with Crippen molar-refractivity contribution in [3.05, 3.63) is 77.8 Å². The van der Waals surface area contributed by atoms with E-state index in [1.54, 1.807) is 0 Å². The number of benzene rings is 2. The molecule has 0 N–H and O–H groups in total. The van der Waals surface area contributed by atoms with E-state index in [0.717, 1.165) is 12.1 Å². The van der Waals surface area contributed by atoms with E-state index in [1.165, 1.54) is 32.0 Å². The number of rotatable bonds is 2. The van der Waals surface area contributed by atoms with Crippen LogP contribution in [0.4, 0.5) is 20.2 Å². The molecule has 0 saturated heterocycles. The van der Waals surface area contributed by atoms with Crippen LogP contribution in [0, 0.1) is 45.7 Å². The summed E-state index contributed by atoms with van der Waals surface area (Å²) in [6.07, 6.45) is 0. The molecule has 26 heavy (non-hydrogen) atoms. The number of aryl methyl sites for hydroxylation is 1. The minimum absolute atomic E-state index is 0.306. The molecule has 0 aliphatic rings. The number of nitrogens with zero attached hydrogens (tertiary/aromatic N) is 3. The fourth-order valence-electron chi connectivity index (χ4n) is 1.72. The van der Waals surface area contributed by atoms with Crippen molar-refractivity contribution in [2.45, 2.75) is 13.8 Å². The van der Waals surface area contributed by atoms with Crippen LogP contribution in [0.5, 0.6) is 0 Å². The van der Waals surface area contributed by atoms with E-state index in [1.807, 2.05) is 0 Å². The van der Waals surface area contributed by atoms with E-state index in [-0.39, 0.29) is 0 Å². The molecule has 2 rings (SSSR count). The third kappa shape index (κ3) is 6.96. The number of para-hydroxylation sites is 1. The average molecular weight is 447 g/mol. The Hall–Kier alpha value is -2.21. The van der Waals surface area contributed by atoms with Gasteiger partial charge in [0.25, 0.3) is 0 Å². The Balaban J connectivity index is 0.000000419. The predicted octanol–water partition coefficient (Wildman–Crippen LogP) is 5.03. The zero-order valence-electron chi connectivity index (χ0n) is 13.5. The van der Waals surface area contributed by atoms with Gasteiger partial charge in [0.1, 0.15) is 0 Å². The van der Waals surface area contributed by atoms with Gasteiger partial charge in [0.15, 0.2) is 0 Å². The number of nitro benzene ring substituents is 2. The van der Waals surface area contributed by atoms with Crippen LogP contribution in [-0.2, 0) is 0 Å². The fraction of sp³-hybridized carbons (Fsp3) is 0.143. The van der Waals surface area contributed by atoms with Gasteiger partial charge in [-0.3, -0.25) is 20.2 Å². The van der Waals surface area contributed by atoms with Crippen LogP contribution >= 0.6 is 28.7 Å². The quantitative estimate of drug-likeness (QED) is 0.302. The van der Waals surface area contributed by atoms with Crippen LogP contribution in [0.15, 0.2) is 39.1 Å². The maximum absolute atomic E-state index is 12.8. The molecule has 0 aliphatic heterocycles. The van der Waals surface area contributed by atoms with Crippen molar-refractivity contribution in [2.24, 2.45) is 4.30 Å². The predicted molar refractivity (Wildman–Crippen MR) is 100 cm³/mol. The topological polar surface area (TPSA) is 98.6 Å². The zero-order chi connectivity index (χ0) is 20.4. The van der Waals surface area contributed by atoms with Crippen molar-refractivity contribution in [1.82, 2.24) is 0 Å². The summed E-state index contributed by atoms with van der Waals surface area (Å²) in [5.74, 6) is -1.59. The molecule has 0 amide bonds. The Morgan fingerprint density at radius 2 is 1.50 bits per heavy atom. The Morgan fingerprint density at radius 3 is 1.85 bits per heavy atom. The number of nitro groups is 2. The Bertz CT molecular complexity index is 807. The van der Waals surface area contributed by atoms with Crippen LogP contribution in [0.25, 0.3) is 0 Å². The van der Waals surface area contributed by atoms with E-state index < -0.39 is 32.9 Å². The standard InChI is InChI=1S/C7H5BrFNO2.C7H6FNO2.BHNS/c1-4-5(8)2-3-6(9)7(4)10(11)12;1-5-3-2-4-6(8)7(5)9(10)11;1-2-3/h2-3H,1H3;2-4H,1H3;3H. The molecule has 2 aromatic rings. The summed E-state index contributed by atoms with van der Waals surface area (Å²) in [7, 11) is 4.34. The van der Waals surface area contributed by atoms with Crippen LogP contribution in [0.1, 0.15) is 11.1 Å². The molecule has 0 aliphatic carbocycles. The third-order valence-corrected chi connectivity index (χ3v) is 3.73. The second-order valence-electron chi connectivity index (χ2n) is 4.54. The third-order valence-electron chi connectivity index (χ3n) is 2.87. The first-order valence-corrected chi connectivity index (χ1v) is 7.80. The van der Waals surface area contributed by atoms with Gasteiger partial charge >= 0.3 is 36.1 Å². The van der Waals surface area contributed by atoms with Crippen LogP contribution in [0.2, 0.25) is 0 Å². The van der Waals surface area contributed by atoms with Crippen LogP contribution in [0.3, 0.4) is 0 Å². The van der Waals surface area contributed by atoms with Gasteiger partial charge in [-0.05, 0) is 32.0 Å². The molecule has 0 aromatic heterocycles. The van der Waals surface area contributed by atoms with Gasteiger partial charge in [-0.15, -0.1) is 0 Å². The summed E-state index contributed by atoms with van der Waals surface area (Å²) in [5.41, 5.74) is -0.258. The van der Waals surface area contributed by atoms with E-state index >= 15 is 0 Å². The first kappa shape index (κ1) is 23.8. The van der Waals surface area contributed by atoms with E-state index in [4.69, 9.17) is 0 Å². The van der Waals surface area contributed by atoms with Gasteiger partial charge in [-0.2, -0.15) is 8.78 Å². The van der Waals surface area contributed by atoms with Gasteiger partial charge in [-0.1, -0.05) is 28.1 Å². The molecule has 0 saturated carbocycles. The van der Waals surface area contributed by atoms with Crippen molar-refractivity contribution in [3.8, 4) is 0 Å². The number of hydrogen-bond acceptors (Lipinski definition) is 6. The molecule has 0 fully saturated rings. The summed E-state index contributed by atoms with van der Waals surface area (Å²) >= 11 is 6.27. The summed E-state index contributed by atoms with van der Waals surface area (Å²) in [4.78, 5) is 19.1. The molecular weight excluding hydrogens is 435 g/mol. The Kier molecular flexibility index (Phi) is 10.4. The van der Waals surface area contributed by atoms with Crippen LogP contribution < -0.4 is 0 Å². The minimum atomic E-state index is -0.805.